The molecule has 3 aliphatic carbocycles. The topological polar surface area (TPSA) is 3.24 Å². The molecule has 2 aromatic carbocycles. The van der Waals surface area contributed by atoms with Gasteiger partial charge in [0.25, 0.3) is 0 Å². The van der Waals surface area contributed by atoms with Crippen LogP contribution < -0.4 is 4.90 Å². The van der Waals surface area contributed by atoms with Gasteiger partial charge in [-0.25, -0.2) is 6.54 Å². The van der Waals surface area contributed by atoms with E-state index in [1.54, 1.807) is 96.3 Å². The maximum atomic E-state index is 5.67. The first-order valence-electron chi connectivity index (χ1n) is 17.0. The van der Waals surface area contributed by atoms with E-state index in [0.717, 1.165) is 12.0 Å². The number of aryl methyl sites for hydroxylation is 3. The van der Waals surface area contributed by atoms with Gasteiger partial charge in [-0.1, -0.05) is 43.0 Å². The van der Waals surface area contributed by atoms with Crippen molar-refractivity contribution < 1.29 is 13.5 Å². The summed E-state index contributed by atoms with van der Waals surface area (Å²) in [6.45, 7) is 8.71. The molecule has 0 amide bonds. The third kappa shape index (κ3) is 11.7. The Morgan fingerprint density at radius 2 is 1.19 bits per heavy atom. The quantitative estimate of drug-likeness (QED) is 0.168. The molecule has 0 saturated heterocycles. The summed E-state index contributed by atoms with van der Waals surface area (Å²) in [6, 6.07) is 14.4. The molecule has 0 atom stereocenters. The molecule has 0 unspecified atom stereocenters. The van der Waals surface area contributed by atoms with Crippen LogP contribution in [0.25, 0.3) is 0 Å². The van der Waals surface area contributed by atoms with Crippen molar-refractivity contribution >= 4 is 37.6 Å². The van der Waals surface area contributed by atoms with E-state index in [2.05, 4.69) is 56.6 Å². The van der Waals surface area contributed by atoms with Crippen LogP contribution in [0.15, 0.2) is 54.7 Å². The van der Waals surface area contributed by atoms with Gasteiger partial charge in [0.2, 0.25) is 0 Å². The third-order valence-corrected chi connectivity index (χ3v) is 16.3. The van der Waals surface area contributed by atoms with Crippen LogP contribution in [0.4, 0.5) is 5.69 Å². The second kappa shape index (κ2) is 19.2. The average Bonchev–Trinajstić information content (AvgIpc) is 3.54. The molecule has 2 aromatic rings. The van der Waals surface area contributed by atoms with Crippen molar-refractivity contribution in [3.8, 4) is 0 Å². The zero-order valence-electron chi connectivity index (χ0n) is 27.0. The fraction of sp³-hybridized carbons (Fsp3) is 0.579. The summed E-state index contributed by atoms with van der Waals surface area (Å²) in [5.74, 6) is 0. The summed E-state index contributed by atoms with van der Waals surface area (Å²) in [6.07, 6.45) is 29.2. The maximum absolute atomic E-state index is 5.67. The predicted octanol–water partition coefficient (Wildman–Crippen LogP) is 12.5. The van der Waals surface area contributed by atoms with Crippen LogP contribution in [0.3, 0.4) is 0 Å². The van der Waals surface area contributed by atoms with E-state index in [-0.39, 0.29) is 7.92 Å². The van der Waals surface area contributed by atoms with Gasteiger partial charge in [-0.2, -0.15) is 0 Å². The molecule has 6 rings (SSSR count). The number of hydrogen-bond acceptors (Lipinski definition) is 1. The fourth-order valence-corrected chi connectivity index (χ4v) is 15.1. The third-order valence-electron chi connectivity index (χ3n) is 9.82. The van der Waals surface area contributed by atoms with Crippen LogP contribution in [0.5, 0.6) is 0 Å². The minimum atomic E-state index is -1.61. The van der Waals surface area contributed by atoms with Gasteiger partial charge in [0.05, 0.1) is 17.0 Å². The van der Waals surface area contributed by atoms with Crippen LogP contribution in [0.1, 0.15) is 125 Å². The van der Waals surface area contributed by atoms with Crippen LogP contribution in [0.2, 0.25) is 0 Å². The van der Waals surface area contributed by atoms with Gasteiger partial charge < -0.3 is 4.90 Å². The Bertz CT molecular complexity index is 1080. The first-order valence-corrected chi connectivity index (χ1v) is 24.2. The fourth-order valence-electron chi connectivity index (χ4n) is 8.07. The van der Waals surface area contributed by atoms with Crippen molar-refractivity contribution in [3.05, 3.63) is 83.5 Å². The molecular formula is C38H56Cl2NPRu. The SMILES string of the molecule is C1CCC([PH+](C2CCCCC2)C2CCCCC2)CC1.Cc1cc(C)c(N2C=CC[CH-]2)c(C)c1.[Cl][Ru]([Cl])=[CH]c1ccccc1. The summed E-state index contributed by atoms with van der Waals surface area (Å²) >= 11 is -1.61. The summed E-state index contributed by atoms with van der Waals surface area (Å²) < 4.78 is 1.92. The van der Waals surface area contributed by atoms with E-state index >= 15 is 0 Å². The first kappa shape index (κ1) is 35.3. The van der Waals surface area contributed by atoms with E-state index in [4.69, 9.17) is 19.4 Å². The summed E-state index contributed by atoms with van der Waals surface area (Å²) in [7, 11) is 11.3. The van der Waals surface area contributed by atoms with Gasteiger partial charge in [0, 0.05) is 13.6 Å². The molecule has 3 fully saturated rings. The zero-order valence-corrected chi connectivity index (χ0v) is 31.2. The second-order valence-electron chi connectivity index (χ2n) is 13.2. The van der Waals surface area contributed by atoms with Gasteiger partial charge >= 0.3 is 73.4 Å². The number of halogens is 2. The molecule has 43 heavy (non-hydrogen) atoms. The molecule has 1 heterocycles. The number of nitrogens with zero attached hydrogens (tertiary/aromatic N) is 1. The number of benzene rings is 2. The molecule has 3 saturated carbocycles. The molecule has 240 valence electrons. The van der Waals surface area contributed by atoms with Crippen LogP contribution >= 0.6 is 27.3 Å². The molecule has 0 radical (unpaired) electrons. The summed E-state index contributed by atoms with van der Waals surface area (Å²) in [5, 5.41) is 0. The van der Waals surface area contributed by atoms with Crippen molar-refractivity contribution in [1.82, 2.24) is 0 Å². The zero-order chi connectivity index (χ0) is 30.4. The monoisotopic (exact) mass is 729 g/mol. The van der Waals surface area contributed by atoms with Gasteiger partial charge in [0.15, 0.2) is 0 Å². The molecular weight excluding hydrogens is 673 g/mol. The predicted molar refractivity (Wildman–Crippen MR) is 193 cm³/mol. The van der Waals surface area contributed by atoms with Crippen molar-refractivity contribution in [1.29, 1.82) is 0 Å². The Hall–Kier alpha value is -0.517. The number of hydrogen-bond donors (Lipinski definition) is 0. The van der Waals surface area contributed by atoms with Gasteiger partial charge in [-0.15, -0.1) is 6.42 Å². The van der Waals surface area contributed by atoms with Gasteiger partial charge in [-0.3, -0.25) is 0 Å². The Labute approximate surface area is 278 Å². The van der Waals surface area contributed by atoms with Crippen molar-refractivity contribution in [3.63, 3.8) is 0 Å². The van der Waals surface area contributed by atoms with Crippen LogP contribution in [-0.2, 0) is 13.5 Å². The van der Waals surface area contributed by atoms with Gasteiger partial charge in [-0.05, 0) is 115 Å². The van der Waals surface area contributed by atoms with Gasteiger partial charge in [0.1, 0.15) is 0 Å². The molecule has 0 aromatic heterocycles. The average molecular weight is 730 g/mol. The molecule has 0 spiro atoms. The van der Waals surface area contributed by atoms with Crippen molar-refractivity contribution in [2.45, 2.75) is 140 Å². The molecule has 4 aliphatic rings. The Kier molecular flexibility index (Phi) is 15.8. The molecule has 1 aliphatic heterocycles. The number of anilines is 1. The van der Waals surface area contributed by atoms with E-state index in [1.807, 2.05) is 34.9 Å². The van der Waals surface area contributed by atoms with E-state index in [1.165, 1.54) is 39.4 Å². The number of rotatable bonds is 5. The van der Waals surface area contributed by atoms with E-state index < -0.39 is 13.5 Å². The first-order chi connectivity index (χ1) is 20.9. The van der Waals surface area contributed by atoms with E-state index in [9.17, 15) is 0 Å². The normalized spacial score (nSPS) is 20.2. The minimum absolute atomic E-state index is 0.0465. The molecule has 1 nitrogen and oxygen atoms in total. The molecule has 5 heteroatoms. The molecule has 0 bridgehead atoms. The van der Waals surface area contributed by atoms with Crippen molar-refractivity contribution in [2.75, 3.05) is 4.90 Å². The second-order valence-corrected chi connectivity index (χ2v) is 22.4. The van der Waals surface area contributed by atoms with Crippen LogP contribution in [-0.4, -0.2) is 21.6 Å². The molecule has 0 N–H and O–H groups in total. The Morgan fingerprint density at radius 3 is 1.58 bits per heavy atom. The van der Waals surface area contributed by atoms with Crippen LogP contribution in [0, 0.1) is 27.3 Å². The standard InChI is InChI=1S/C18H33P.C13H16N.C7H6.2ClH.Ru/c1-4-10-16(11-5-1)19(17-12-6-2-7-13-17)18-14-8-3-9-15-18;1-10-8-11(2)13(12(3)9-10)14-6-4-5-7-14;1-7-5-3-2-4-6-7;;;/h16-18H,1-15H2;4,6-9H,5H2,1-3H3;1-6H;2*1H;/q;-1;;;;+2/p-1. The summed E-state index contributed by atoms with van der Waals surface area (Å²) in [5.41, 5.74) is 10.2. The Morgan fingerprint density at radius 1 is 0.721 bits per heavy atom. The van der Waals surface area contributed by atoms with Crippen molar-refractivity contribution in [2.24, 2.45) is 0 Å². The van der Waals surface area contributed by atoms with E-state index in [0.29, 0.717) is 0 Å². The summed E-state index contributed by atoms with van der Waals surface area (Å²) in [4.78, 5) is 2.23. The Balaban J connectivity index is 0.000000156.